The van der Waals surface area contributed by atoms with E-state index in [4.69, 9.17) is 26.6 Å². The van der Waals surface area contributed by atoms with Gasteiger partial charge in [0.1, 0.15) is 75.6 Å². The van der Waals surface area contributed by atoms with Gasteiger partial charge in [0, 0.05) is 82.9 Å². The normalized spacial score (nSPS) is 31.0. The number of aliphatic carboxylic acids is 1. The molecule has 0 radical (unpaired) electrons. The van der Waals surface area contributed by atoms with Crippen LogP contribution in [0.2, 0.25) is 5.02 Å². The summed E-state index contributed by atoms with van der Waals surface area (Å²) in [6, 6.07) is 11.6. The number of carboxylic acid groups (broad SMARTS) is 1. The summed E-state index contributed by atoms with van der Waals surface area (Å²) in [4.78, 5) is 124. The molecule has 6 aliphatic carbocycles. The van der Waals surface area contributed by atoms with Gasteiger partial charge in [-0.2, -0.15) is 0 Å². The van der Waals surface area contributed by atoms with Crippen molar-refractivity contribution < 1.29 is 114 Å². The zero-order valence-electron chi connectivity index (χ0n) is 56.2. The molecule has 101 heavy (non-hydrogen) atoms. The van der Waals surface area contributed by atoms with Gasteiger partial charge in [0.05, 0.1) is 47.7 Å². The number of β-amino-alcohol motifs (C(OH)–C–C–N with tert-alkyl or cyclic N) is 1. The number of aliphatic hydroxyl groups is 10. The van der Waals surface area contributed by atoms with Crippen LogP contribution in [0, 0.1) is 23.7 Å². The zero-order valence-corrected chi connectivity index (χ0v) is 57.7. The van der Waals surface area contributed by atoms with Crippen LogP contribution in [0.25, 0.3) is 0 Å². The Morgan fingerprint density at radius 1 is 0.653 bits per heavy atom. The minimum absolute atomic E-state index is 0.00916. The molecule has 33 heteroatoms. The van der Waals surface area contributed by atoms with Crippen molar-refractivity contribution in [1.29, 1.82) is 0 Å². The SMILES string of the molecule is CC1(C)S[C@@H]2[C@H](NC(=O)COc3ccccc3)C(=O)N2[C@H]1C(=O)O.CN(C)[C@@H]1C(O)=C(C(=O)NCN2CCN(CCO)CC2)C(=O)[C@@]2(O)C(O)=C3C(=O)c4c(O)cccc4[C@@](C)(O)C3C[C@@H]12.CN(C)[C@@H]1C(O)=C(C(=O)NCO)C(=O)[C@@]2(O)C(O)=C3C(=O)c4c(O)ccc(Cl)c4[C@@](C)(O)C3C[C@@H]12. The highest BCUT2D eigenvalue weighted by Gasteiger charge is 2.69. The Morgan fingerprint density at radius 2 is 1.16 bits per heavy atom. The molecule has 3 aromatic rings. The van der Waals surface area contributed by atoms with Crippen molar-refractivity contribution in [2.45, 2.75) is 97.2 Å². The van der Waals surface area contributed by atoms with Gasteiger partial charge in [-0.1, -0.05) is 41.9 Å². The summed E-state index contributed by atoms with van der Waals surface area (Å²) in [6.07, 6.45) is -0.483. The van der Waals surface area contributed by atoms with Crippen molar-refractivity contribution in [3.05, 3.63) is 133 Å². The molecule has 31 nitrogen and oxygen atoms in total. The number of ketones is 4. The first-order chi connectivity index (χ1) is 47.3. The number of rotatable bonds is 14. The number of para-hydroxylation sites is 1. The molecule has 2 unspecified atom stereocenters. The monoisotopic (exact) mass is 1440 g/mol. The van der Waals surface area contributed by atoms with Crippen LogP contribution < -0.4 is 20.7 Å². The number of carboxylic acids is 1. The number of hydrogen-bond donors (Lipinski definition) is 16. The van der Waals surface area contributed by atoms with E-state index < -0.39 is 185 Å². The minimum atomic E-state index is -2.83. The second-order valence-electron chi connectivity index (χ2n) is 27.6. The Kier molecular flexibility index (Phi) is 20.6. The van der Waals surface area contributed by atoms with Crippen LogP contribution in [-0.4, -0.2) is 277 Å². The molecule has 3 fully saturated rings. The van der Waals surface area contributed by atoms with Crippen LogP contribution in [-0.2, 0) is 44.8 Å². The second-order valence-corrected chi connectivity index (χ2v) is 29.7. The molecule has 3 saturated heterocycles. The third-order valence-corrected chi connectivity index (χ3v) is 22.6. The second kappa shape index (κ2) is 27.7. The number of carbonyl (C=O) groups excluding carboxylic acids is 8. The summed E-state index contributed by atoms with van der Waals surface area (Å²) in [5.74, 6) is -16.9. The number of carbonyl (C=O) groups is 9. The van der Waals surface area contributed by atoms with E-state index in [9.17, 15) is 99.3 Å². The number of hydrogen-bond acceptors (Lipinski definition) is 27. The average Bonchev–Trinajstić information content (AvgIpc) is 1.48. The maximum atomic E-state index is 13.9. The maximum absolute atomic E-state index is 13.9. The molecule has 544 valence electrons. The van der Waals surface area contributed by atoms with E-state index in [1.54, 1.807) is 52.2 Å². The van der Waals surface area contributed by atoms with Gasteiger partial charge in [0.15, 0.2) is 29.4 Å². The number of phenols is 2. The van der Waals surface area contributed by atoms with Gasteiger partial charge in [0.2, 0.25) is 17.5 Å². The average molecular weight is 1450 g/mol. The first-order valence-corrected chi connectivity index (χ1v) is 33.5. The molecular formula is C68H81ClN8O23S. The molecule has 0 saturated carbocycles. The van der Waals surface area contributed by atoms with Crippen molar-refractivity contribution in [3.8, 4) is 17.2 Å². The lowest BCUT2D eigenvalue weighted by atomic mass is 9.55. The molecule has 3 aliphatic heterocycles. The van der Waals surface area contributed by atoms with Crippen LogP contribution in [0.15, 0.2) is 106 Å². The van der Waals surface area contributed by atoms with E-state index >= 15 is 0 Å². The molecule has 0 bridgehead atoms. The fourth-order valence-electron chi connectivity index (χ4n) is 15.8. The van der Waals surface area contributed by atoms with E-state index in [1.165, 1.54) is 78.7 Å². The Morgan fingerprint density at radius 3 is 1.67 bits per heavy atom. The highest BCUT2D eigenvalue weighted by Crippen LogP contribution is 2.60. The zero-order chi connectivity index (χ0) is 74.4. The predicted octanol–water partition coefficient (Wildman–Crippen LogP) is -0.299. The summed E-state index contributed by atoms with van der Waals surface area (Å²) in [5.41, 5.74) is -12.4. The number of benzene rings is 3. The highest BCUT2D eigenvalue weighted by molar-refractivity contribution is 8.01. The van der Waals surface area contributed by atoms with E-state index in [-0.39, 0.29) is 71.3 Å². The number of thioether (sulfide) groups is 1. The van der Waals surface area contributed by atoms with E-state index in [1.807, 2.05) is 16.3 Å². The van der Waals surface area contributed by atoms with Crippen LogP contribution in [0.1, 0.15) is 72.4 Å². The summed E-state index contributed by atoms with van der Waals surface area (Å²) in [7, 11) is 6.16. The number of β-lactam (4-membered cyclic amide) rings is 1. The largest absolute Gasteiger partial charge is 0.510 e. The lowest BCUT2D eigenvalue weighted by Crippen LogP contribution is -2.70. The van der Waals surface area contributed by atoms with E-state index in [2.05, 4.69) is 15.5 Å². The van der Waals surface area contributed by atoms with Crippen molar-refractivity contribution in [1.82, 2.24) is 40.4 Å². The third-order valence-electron chi connectivity index (χ3n) is 20.7. The molecule has 12 rings (SSSR count). The molecule has 4 amide bonds. The number of aromatic hydroxyl groups is 2. The van der Waals surface area contributed by atoms with Crippen molar-refractivity contribution >= 4 is 76.1 Å². The third kappa shape index (κ3) is 12.4. The molecule has 16 N–H and O–H groups in total. The molecule has 3 aromatic carbocycles. The molecule has 3 heterocycles. The van der Waals surface area contributed by atoms with E-state index in [0.29, 0.717) is 38.5 Å². The van der Waals surface area contributed by atoms with Gasteiger partial charge in [-0.3, -0.25) is 58.0 Å². The fraction of sp³-hybridized carbons (Fsp3) is 0.485. The summed E-state index contributed by atoms with van der Waals surface area (Å²) in [6.45, 7) is 8.45. The minimum Gasteiger partial charge on any atom is -0.510 e. The summed E-state index contributed by atoms with van der Waals surface area (Å²) >= 11 is 7.67. The number of ether oxygens (including phenoxy) is 1. The molecule has 13 atom stereocenters. The fourth-order valence-corrected chi connectivity index (χ4v) is 17.8. The van der Waals surface area contributed by atoms with Gasteiger partial charge in [-0.05, 0) is 105 Å². The quantitative estimate of drug-likeness (QED) is 0.0560. The van der Waals surface area contributed by atoms with Crippen LogP contribution >= 0.6 is 23.4 Å². The number of Topliss-reactive ketones (excluding diaryl/α,β-unsaturated/α-hetero) is 4. The summed E-state index contributed by atoms with van der Waals surface area (Å²) < 4.78 is 4.74. The van der Waals surface area contributed by atoms with Crippen molar-refractivity contribution in [3.63, 3.8) is 0 Å². The van der Waals surface area contributed by atoms with Gasteiger partial charge >= 0.3 is 5.97 Å². The van der Waals surface area contributed by atoms with Crippen molar-refractivity contribution in [2.24, 2.45) is 23.7 Å². The first kappa shape index (κ1) is 75.2. The van der Waals surface area contributed by atoms with Crippen molar-refractivity contribution in [2.75, 3.05) is 87.5 Å². The Labute approximate surface area is 587 Å². The number of piperazine rings is 1. The standard InChI is InChI=1S/C29H38N4O9.C23H25ClN2O9.C16H18N2O5S/c1-28(41)15-5-4-6-18(35)19(15)23(36)20-16(28)13-17-22(31(2)3)24(37)21(26(39)29(17,42)25(20)38)27(40)30-14-33-9-7-32(8-10-33)11-12-34;1-22(34)8-6-9-16(26(2)3)18(30)14(21(33)25-7-27)20(32)23(9,35)19(31)12(8)17(29)13-11(28)5-4-10(24)15(13)22;1-16(2)12(15(21)22)18-13(20)11(14(18)24-16)17-10(19)8-23-9-6-4-3-5-7-9/h4-6,16-17,22,34-35,37-38,41-42H,7-14H2,1-3H3,(H,30,40);4-5,8-9,16,27-28,30-31,34-35H,6-7H2,1-3H3,(H,25,33);3-7,11-12,14H,8H2,1-2H3,(H,17,19)(H,21,22)/t16?,17-,22-,28+,29-;8?,9-,16-,22-,23-;11-,12+,14-/m001/s1. The number of aliphatic hydroxyl groups excluding tert-OH is 6. The van der Waals surface area contributed by atoms with Gasteiger partial charge in [0.25, 0.3) is 17.7 Å². The van der Waals surface area contributed by atoms with Gasteiger partial charge in [-0.15, -0.1) is 11.8 Å². The first-order valence-electron chi connectivity index (χ1n) is 32.2. The number of amides is 4. The Hall–Kier alpha value is -8.51. The molecule has 0 aromatic heterocycles. The van der Waals surface area contributed by atoms with Gasteiger partial charge in [-0.25, -0.2) is 4.79 Å². The number of halogens is 1. The van der Waals surface area contributed by atoms with Gasteiger partial charge < -0.3 is 92.0 Å². The number of nitrogens with one attached hydrogen (secondary N) is 3. The number of nitrogens with zero attached hydrogens (tertiary/aromatic N) is 5. The number of likely N-dealkylation sites (N-methyl/N-ethyl adjacent to an activating group) is 2. The topological polar surface area (TPSA) is 478 Å². The molecular weight excluding hydrogens is 1360 g/mol. The number of fused-ring (bicyclic) bond motifs is 7. The summed E-state index contributed by atoms with van der Waals surface area (Å²) in [5, 5.41) is 147. The van der Waals surface area contributed by atoms with E-state index in [0.717, 1.165) is 6.07 Å². The number of phenolic OH excluding ortho intramolecular Hbond substituents is 2. The smallest absolute Gasteiger partial charge is 0.327 e. The Balaban J connectivity index is 0.000000169. The predicted molar refractivity (Wildman–Crippen MR) is 357 cm³/mol. The Bertz CT molecular complexity index is 4090. The lowest BCUT2D eigenvalue weighted by molar-refractivity contribution is -0.161. The molecule has 9 aliphatic rings. The van der Waals surface area contributed by atoms with Crippen LogP contribution in [0.3, 0.4) is 0 Å². The molecule has 0 spiro atoms. The maximum Gasteiger partial charge on any atom is 0.327 e. The van der Waals surface area contributed by atoms with Crippen LogP contribution in [0.5, 0.6) is 17.2 Å². The lowest BCUT2D eigenvalue weighted by Gasteiger charge is -2.53. The van der Waals surface area contributed by atoms with Crippen LogP contribution in [0.4, 0.5) is 0 Å². The highest BCUT2D eigenvalue weighted by atomic mass is 35.5.